The van der Waals surface area contributed by atoms with E-state index in [1.807, 2.05) is 42.5 Å². The second-order valence-electron chi connectivity index (χ2n) is 5.09. The van der Waals surface area contributed by atoms with Gasteiger partial charge in [-0.3, -0.25) is 9.59 Å². The number of benzene rings is 2. The zero-order valence-corrected chi connectivity index (χ0v) is 12.0. The average Bonchev–Trinajstić information content (AvgIpc) is 2.97. The molecule has 2 N–H and O–H groups in total. The molecule has 0 bridgehead atoms. The van der Waals surface area contributed by atoms with Gasteiger partial charge in [0.25, 0.3) is 0 Å². The van der Waals surface area contributed by atoms with Crippen LogP contribution in [0.4, 0.5) is 5.69 Å². The first kappa shape index (κ1) is 14.1. The standard InChI is InChI=1S/C18H16N2O2/c21-17(13-6-2-1-3-7-13)10-11-18(22)20-16-12-19-15-9-5-4-8-14(15)16/h1-9,12,19H,10-11H2,(H,20,22). The van der Waals surface area contributed by atoms with Crippen molar-refractivity contribution >= 4 is 28.3 Å². The lowest BCUT2D eigenvalue weighted by Crippen LogP contribution is -2.13. The number of amides is 1. The van der Waals surface area contributed by atoms with Gasteiger partial charge in [-0.15, -0.1) is 0 Å². The van der Waals surface area contributed by atoms with Gasteiger partial charge >= 0.3 is 0 Å². The van der Waals surface area contributed by atoms with Gasteiger partial charge in [-0.25, -0.2) is 0 Å². The molecule has 1 aromatic heterocycles. The molecule has 0 aliphatic rings. The van der Waals surface area contributed by atoms with Crippen molar-refractivity contribution in [2.45, 2.75) is 12.8 Å². The first-order valence-electron chi connectivity index (χ1n) is 7.18. The summed E-state index contributed by atoms with van der Waals surface area (Å²) in [6.07, 6.45) is 2.15. The largest absolute Gasteiger partial charge is 0.359 e. The number of Topliss-reactive ketones (excluding diaryl/α,β-unsaturated/α-hetero) is 1. The second-order valence-corrected chi connectivity index (χ2v) is 5.09. The van der Waals surface area contributed by atoms with Crippen LogP contribution in [0.3, 0.4) is 0 Å². The van der Waals surface area contributed by atoms with Crippen molar-refractivity contribution in [3.8, 4) is 0 Å². The summed E-state index contributed by atoms with van der Waals surface area (Å²) in [6, 6.07) is 16.8. The number of fused-ring (bicyclic) bond motifs is 1. The molecule has 4 nitrogen and oxygen atoms in total. The molecule has 22 heavy (non-hydrogen) atoms. The minimum Gasteiger partial charge on any atom is -0.359 e. The van der Waals surface area contributed by atoms with Gasteiger partial charge in [0.05, 0.1) is 5.69 Å². The normalized spacial score (nSPS) is 10.5. The van der Waals surface area contributed by atoms with Gasteiger partial charge in [0, 0.05) is 35.5 Å². The first-order valence-corrected chi connectivity index (χ1v) is 7.18. The van der Waals surface area contributed by atoms with Crippen LogP contribution >= 0.6 is 0 Å². The van der Waals surface area contributed by atoms with E-state index in [0.717, 1.165) is 16.6 Å². The van der Waals surface area contributed by atoms with E-state index in [0.29, 0.717) is 5.56 Å². The zero-order chi connectivity index (χ0) is 15.4. The molecule has 0 unspecified atom stereocenters. The maximum absolute atomic E-state index is 12.0. The molecule has 0 spiro atoms. The van der Waals surface area contributed by atoms with E-state index >= 15 is 0 Å². The van der Waals surface area contributed by atoms with Crippen LogP contribution in [0.25, 0.3) is 10.9 Å². The van der Waals surface area contributed by atoms with Gasteiger partial charge in [0.15, 0.2) is 5.78 Å². The van der Waals surface area contributed by atoms with Crippen LogP contribution in [-0.4, -0.2) is 16.7 Å². The van der Waals surface area contributed by atoms with Crippen LogP contribution < -0.4 is 5.32 Å². The van der Waals surface area contributed by atoms with Crippen LogP contribution in [0.15, 0.2) is 60.8 Å². The number of rotatable bonds is 5. The van der Waals surface area contributed by atoms with Crippen LogP contribution in [0, 0.1) is 0 Å². The fourth-order valence-electron chi connectivity index (χ4n) is 2.38. The highest BCUT2D eigenvalue weighted by Gasteiger charge is 2.11. The number of aromatic amines is 1. The van der Waals surface area contributed by atoms with Gasteiger partial charge in [-0.2, -0.15) is 0 Å². The van der Waals surface area contributed by atoms with Crippen molar-refractivity contribution in [1.82, 2.24) is 4.98 Å². The molecular weight excluding hydrogens is 276 g/mol. The minimum absolute atomic E-state index is 0.0188. The molecule has 1 amide bonds. The lowest BCUT2D eigenvalue weighted by Gasteiger charge is -2.04. The monoisotopic (exact) mass is 292 g/mol. The number of carbonyl (C=O) groups excluding carboxylic acids is 2. The van der Waals surface area contributed by atoms with E-state index in [2.05, 4.69) is 10.3 Å². The number of hydrogen-bond donors (Lipinski definition) is 2. The SMILES string of the molecule is O=C(CCC(=O)c1ccccc1)Nc1c[nH]c2ccccc12. The number of carbonyl (C=O) groups is 2. The molecule has 0 saturated carbocycles. The van der Waals surface area contributed by atoms with Crippen molar-refractivity contribution in [2.75, 3.05) is 5.32 Å². The van der Waals surface area contributed by atoms with Gasteiger partial charge in [-0.1, -0.05) is 48.5 Å². The zero-order valence-electron chi connectivity index (χ0n) is 12.0. The summed E-state index contributed by atoms with van der Waals surface area (Å²) >= 11 is 0. The van der Waals surface area contributed by atoms with Gasteiger partial charge in [0.1, 0.15) is 0 Å². The fourth-order valence-corrected chi connectivity index (χ4v) is 2.38. The lowest BCUT2D eigenvalue weighted by atomic mass is 10.1. The summed E-state index contributed by atoms with van der Waals surface area (Å²) < 4.78 is 0. The predicted octanol–water partition coefficient (Wildman–Crippen LogP) is 3.77. The Labute approximate surface area is 128 Å². The Morgan fingerprint density at radius 2 is 1.64 bits per heavy atom. The quantitative estimate of drug-likeness (QED) is 0.703. The van der Waals surface area contributed by atoms with Crippen molar-refractivity contribution < 1.29 is 9.59 Å². The Bertz CT molecular complexity index is 806. The third-order valence-electron chi connectivity index (χ3n) is 3.54. The number of para-hydroxylation sites is 1. The van der Waals surface area contributed by atoms with Gasteiger partial charge in [-0.05, 0) is 6.07 Å². The highest BCUT2D eigenvalue weighted by molar-refractivity contribution is 6.03. The summed E-state index contributed by atoms with van der Waals surface area (Å²) in [5.41, 5.74) is 2.35. The van der Waals surface area contributed by atoms with Crippen LogP contribution in [0.2, 0.25) is 0 Å². The van der Waals surface area contributed by atoms with Crippen LogP contribution in [0.1, 0.15) is 23.2 Å². The topological polar surface area (TPSA) is 62.0 Å². The van der Waals surface area contributed by atoms with Crippen molar-refractivity contribution in [3.63, 3.8) is 0 Å². The molecule has 0 atom stereocenters. The predicted molar refractivity (Wildman–Crippen MR) is 86.9 cm³/mol. The highest BCUT2D eigenvalue weighted by Crippen LogP contribution is 2.22. The third-order valence-corrected chi connectivity index (χ3v) is 3.54. The first-order chi connectivity index (χ1) is 10.7. The van der Waals surface area contributed by atoms with Crippen LogP contribution in [-0.2, 0) is 4.79 Å². The summed E-state index contributed by atoms with van der Waals surface area (Å²) in [6.45, 7) is 0. The molecule has 4 heteroatoms. The molecular formula is C18H16N2O2. The molecule has 3 rings (SSSR count). The van der Waals surface area contributed by atoms with Gasteiger partial charge < -0.3 is 10.3 Å². The van der Waals surface area contributed by atoms with Crippen molar-refractivity contribution in [1.29, 1.82) is 0 Å². The number of aromatic nitrogens is 1. The van der Waals surface area contributed by atoms with E-state index in [4.69, 9.17) is 0 Å². The molecule has 3 aromatic rings. The Morgan fingerprint density at radius 1 is 0.909 bits per heavy atom. The van der Waals surface area contributed by atoms with E-state index in [-0.39, 0.29) is 24.5 Å². The number of H-pyrrole nitrogens is 1. The molecule has 0 saturated heterocycles. The smallest absolute Gasteiger partial charge is 0.224 e. The summed E-state index contributed by atoms with van der Waals surface area (Å²) in [7, 11) is 0. The summed E-state index contributed by atoms with van der Waals surface area (Å²) in [5, 5.41) is 3.81. The molecule has 1 heterocycles. The minimum atomic E-state index is -0.158. The second kappa shape index (κ2) is 6.26. The number of anilines is 1. The molecule has 2 aromatic carbocycles. The summed E-state index contributed by atoms with van der Waals surface area (Å²) in [5.74, 6) is -0.177. The third kappa shape index (κ3) is 3.06. The number of nitrogens with one attached hydrogen (secondary N) is 2. The van der Waals surface area contributed by atoms with Crippen molar-refractivity contribution in [2.24, 2.45) is 0 Å². The molecule has 0 aliphatic heterocycles. The Kier molecular flexibility index (Phi) is 4.01. The average molecular weight is 292 g/mol. The summed E-state index contributed by atoms with van der Waals surface area (Å²) in [4.78, 5) is 27.1. The van der Waals surface area contributed by atoms with E-state index < -0.39 is 0 Å². The highest BCUT2D eigenvalue weighted by atomic mass is 16.2. The molecule has 0 radical (unpaired) electrons. The lowest BCUT2D eigenvalue weighted by molar-refractivity contribution is -0.116. The van der Waals surface area contributed by atoms with E-state index in [1.165, 1.54) is 0 Å². The Balaban J connectivity index is 1.60. The fraction of sp³-hybridized carbons (Fsp3) is 0.111. The maximum Gasteiger partial charge on any atom is 0.224 e. The Hall–Kier alpha value is -2.88. The molecule has 0 aliphatic carbocycles. The van der Waals surface area contributed by atoms with Crippen LogP contribution in [0.5, 0.6) is 0 Å². The van der Waals surface area contributed by atoms with Gasteiger partial charge in [0.2, 0.25) is 5.91 Å². The number of hydrogen-bond acceptors (Lipinski definition) is 2. The van der Waals surface area contributed by atoms with Crippen molar-refractivity contribution in [3.05, 3.63) is 66.4 Å². The Morgan fingerprint density at radius 3 is 2.45 bits per heavy atom. The molecule has 0 fully saturated rings. The maximum atomic E-state index is 12.0. The molecule has 110 valence electrons. The van der Waals surface area contributed by atoms with E-state index in [1.54, 1.807) is 18.3 Å². The van der Waals surface area contributed by atoms with E-state index in [9.17, 15) is 9.59 Å². The number of ketones is 1.